The largest absolute Gasteiger partial charge is 0.455 e. The maximum absolute atomic E-state index is 7.05. The van der Waals surface area contributed by atoms with Crippen LogP contribution in [0.1, 0.15) is 18.2 Å². The van der Waals surface area contributed by atoms with Gasteiger partial charge < -0.3 is 4.42 Å². The zero-order chi connectivity index (χ0) is 32.6. The van der Waals surface area contributed by atoms with Crippen molar-refractivity contribution < 1.29 is 4.42 Å². The monoisotopic (exact) mass is 629 g/mol. The molecule has 1 unspecified atom stereocenters. The van der Waals surface area contributed by atoms with E-state index in [1.165, 1.54) is 0 Å². The van der Waals surface area contributed by atoms with Gasteiger partial charge in [-0.3, -0.25) is 0 Å². The van der Waals surface area contributed by atoms with Crippen LogP contribution >= 0.6 is 0 Å². The lowest BCUT2D eigenvalue weighted by Gasteiger charge is -2.15. The molecular weight excluding hydrogens is 599 g/mol. The minimum Gasteiger partial charge on any atom is -0.455 e. The maximum atomic E-state index is 7.05. The zero-order valence-corrected chi connectivity index (χ0v) is 26.7. The van der Waals surface area contributed by atoms with Gasteiger partial charge in [0.2, 0.25) is 0 Å². The Labute approximate surface area is 284 Å². The Morgan fingerprint density at radius 1 is 0.469 bits per heavy atom. The Balaban J connectivity index is 1.39. The summed E-state index contributed by atoms with van der Waals surface area (Å²) in [6, 6.07) is 50.4. The highest BCUT2D eigenvalue weighted by Crippen LogP contribution is 2.45. The van der Waals surface area contributed by atoms with E-state index >= 15 is 0 Å². The molecule has 0 bridgehead atoms. The number of hydrogen-bond acceptors (Lipinski definition) is 4. The number of aromatic nitrogens is 3. The first-order valence-corrected chi connectivity index (χ1v) is 16.6. The number of fused-ring (bicyclic) bond motifs is 3. The van der Waals surface area contributed by atoms with Gasteiger partial charge in [-0.15, -0.1) is 0 Å². The van der Waals surface area contributed by atoms with Crippen molar-refractivity contribution in [2.24, 2.45) is 0 Å². The number of allylic oxidation sites excluding steroid dienone is 4. The van der Waals surface area contributed by atoms with Crippen molar-refractivity contribution in [1.82, 2.24) is 15.0 Å². The summed E-state index contributed by atoms with van der Waals surface area (Å²) in [7, 11) is 0. The topological polar surface area (TPSA) is 51.8 Å². The highest BCUT2D eigenvalue weighted by Gasteiger charge is 2.24. The van der Waals surface area contributed by atoms with E-state index in [1.807, 2.05) is 30.3 Å². The van der Waals surface area contributed by atoms with Gasteiger partial charge in [0.15, 0.2) is 11.6 Å². The van der Waals surface area contributed by atoms with Gasteiger partial charge in [-0.05, 0) is 52.9 Å². The van der Waals surface area contributed by atoms with E-state index in [0.717, 1.165) is 78.7 Å². The van der Waals surface area contributed by atoms with E-state index in [0.29, 0.717) is 11.6 Å². The molecule has 0 radical (unpaired) electrons. The van der Waals surface area contributed by atoms with Crippen LogP contribution in [-0.4, -0.2) is 15.0 Å². The van der Waals surface area contributed by atoms with Gasteiger partial charge in [-0.1, -0.05) is 146 Å². The Bertz CT molecular complexity index is 2500. The molecule has 0 fully saturated rings. The van der Waals surface area contributed by atoms with Gasteiger partial charge in [-0.2, -0.15) is 0 Å². The zero-order valence-electron chi connectivity index (χ0n) is 26.7. The Morgan fingerprint density at radius 2 is 1.06 bits per heavy atom. The third-order valence-corrected chi connectivity index (χ3v) is 9.23. The van der Waals surface area contributed by atoms with E-state index in [2.05, 4.69) is 140 Å². The van der Waals surface area contributed by atoms with Gasteiger partial charge in [-0.25, -0.2) is 15.0 Å². The van der Waals surface area contributed by atoms with Crippen LogP contribution < -0.4 is 0 Å². The summed E-state index contributed by atoms with van der Waals surface area (Å²) in [6.45, 7) is 0. The summed E-state index contributed by atoms with van der Waals surface area (Å²) >= 11 is 0. The molecule has 0 saturated carbocycles. The van der Waals surface area contributed by atoms with Crippen LogP contribution in [0.3, 0.4) is 0 Å². The summed E-state index contributed by atoms with van der Waals surface area (Å²) in [5, 5.41) is 2.01. The van der Waals surface area contributed by atoms with Crippen LogP contribution in [0.2, 0.25) is 0 Å². The molecule has 1 aliphatic carbocycles. The van der Waals surface area contributed by atoms with Crippen LogP contribution in [-0.2, 0) is 0 Å². The third-order valence-electron chi connectivity index (χ3n) is 9.23. The fourth-order valence-electron chi connectivity index (χ4n) is 6.81. The standard InChI is InChI=1S/C45H31N3O/c1-6-16-30(17-7-1)35-28-38(32-20-10-3-11-21-32)41-39(29-35)40-37(27-26-36(42(40)49-41)31-18-8-2-9-19-31)45-47-43(33-22-12-4-13-23-33)46-44(48-45)34-24-14-5-15-25-34/h1-24,26-29,34H,25H2. The average molecular weight is 630 g/mol. The average Bonchev–Trinajstić information content (AvgIpc) is 3.58. The molecule has 1 aliphatic rings. The van der Waals surface area contributed by atoms with Gasteiger partial charge >= 0.3 is 0 Å². The molecule has 0 aliphatic heterocycles. The molecule has 0 saturated heterocycles. The molecule has 0 spiro atoms. The molecule has 9 rings (SSSR count). The van der Waals surface area contributed by atoms with E-state index in [1.54, 1.807) is 0 Å². The van der Waals surface area contributed by atoms with Crippen LogP contribution in [0, 0.1) is 0 Å². The lowest BCUT2D eigenvalue weighted by atomic mass is 9.93. The predicted octanol–water partition coefficient (Wildman–Crippen LogP) is 11.7. The van der Waals surface area contributed by atoms with Gasteiger partial charge in [0.25, 0.3) is 0 Å². The lowest BCUT2D eigenvalue weighted by molar-refractivity contribution is 0.671. The summed E-state index contributed by atoms with van der Waals surface area (Å²) in [6.07, 6.45) is 9.34. The predicted molar refractivity (Wildman–Crippen MR) is 200 cm³/mol. The maximum Gasteiger partial charge on any atom is 0.164 e. The summed E-state index contributed by atoms with van der Waals surface area (Å²) in [4.78, 5) is 15.4. The smallest absolute Gasteiger partial charge is 0.164 e. The quantitative estimate of drug-likeness (QED) is 0.184. The van der Waals surface area contributed by atoms with Crippen LogP contribution in [0.4, 0.5) is 0 Å². The first kappa shape index (κ1) is 28.8. The fourth-order valence-corrected chi connectivity index (χ4v) is 6.81. The number of furan rings is 1. The molecule has 8 aromatic rings. The van der Waals surface area contributed by atoms with Crippen molar-refractivity contribution in [3.63, 3.8) is 0 Å². The Morgan fingerprint density at radius 3 is 1.71 bits per heavy atom. The second kappa shape index (κ2) is 12.3. The summed E-state index contributed by atoms with van der Waals surface area (Å²) in [5.41, 5.74) is 10.0. The molecule has 1 atom stereocenters. The molecule has 0 amide bonds. The molecular formula is C45H31N3O. The Hall–Kier alpha value is -6.39. The van der Waals surface area contributed by atoms with Gasteiger partial charge in [0.05, 0.1) is 0 Å². The summed E-state index contributed by atoms with van der Waals surface area (Å²) < 4.78 is 7.05. The van der Waals surface area contributed by atoms with E-state index in [4.69, 9.17) is 19.4 Å². The number of rotatable bonds is 6. The number of nitrogens with zero attached hydrogens (tertiary/aromatic N) is 3. The van der Waals surface area contributed by atoms with Crippen LogP contribution in [0.15, 0.2) is 174 Å². The molecule has 2 aromatic heterocycles. The van der Waals surface area contributed by atoms with Crippen molar-refractivity contribution in [2.75, 3.05) is 0 Å². The molecule has 232 valence electrons. The second-order valence-electron chi connectivity index (χ2n) is 12.3. The molecule has 4 heteroatoms. The minimum absolute atomic E-state index is 0.0590. The lowest BCUT2D eigenvalue weighted by Crippen LogP contribution is -2.08. The number of hydrogen-bond donors (Lipinski definition) is 0. The molecule has 4 nitrogen and oxygen atoms in total. The first-order valence-electron chi connectivity index (χ1n) is 16.6. The van der Waals surface area contributed by atoms with Crippen molar-refractivity contribution in [3.8, 4) is 56.2 Å². The molecule has 49 heavy (non-hydrogen) atoms. The fraction of sp³-hybridized carbons (Fsp3) is 0.0444. The normalized spacial score (nSPS) is 14.1. The first-order chi connectivity index (χ1) is 24.3. The molecule has 0 N–H and O–H groups in total. The van der Waals surface area contributed by atoms with E-state index in [-0.39, 0.29) is 5.92 Å². The van der Waals surface area contributed by atoms with Crippen molar-refractivity contribution in [1.29, 1.82) is 0 Å². The molecule has 2 heterocycles. The SMILES string of the molecule is C1=CCC(c2nc(-c3ccccc3)nc(-c3ccc(-c4ccccc4)c4oc5c(-c6ccccc6)cc(-c6ccccc6)cc5c34)n2)C=C1. The van der Waals surface area contributed by atoms with Gasteiger partial charge in [0, 0.05) is 38.9 Å². The van der Waals surface area contributed by atoms with Crippen molar-refractivity contribution >= 4 is 21.9 Å². The van der Waals surface area contributed by atoms with E-state index < -0.39 is 0 Å². The van der Waals surface area contributed by atoms with Gasteiger partial charge in [0.1, 0.15) is 17.0 Å². The van der Waals surface area contributed by atoms with Crippen molar-refractivity contribution in [2.45, 2.75) is 12.3 Å². The molecule has 6 aromatic carbocycles. The summed E-state index contributed by atoms with van der Waals surface area (Å²) in [5.74, 6) is 2.10. The van der Waals surface area contributed by atoms with Crippen molar-refractivity contribution in [3.05, 3.63) is 176 Å². The second-order valence-corrected chi connectivity index (χ2v) is 12.3. The third kappa shape index (κ3) is 5.34. The highest BCUT2D eigenvalue weighted by atomic mass is 16.3. The highest BCUT2D eigenvalue weighted by molar-refractivity contribution is 6.19. The minimum atomic E-state index is 0.0590. The van der Waals surface area contributed by atoms with Crippen LogP contribution in [0.25, 0.3) is 78.1 Å². The van der Waals surface area contributed by atoms with Crippen LogP contribution in [0.5, 0.6) is 0 Å². The number of benzene rings is 6. The van der Waals surface area contributed by atoms with E-state index in [9.17, 15) is 0 Å². The Kier molecular flexibility index (Phi) is 7.25.